The van der Waals surface area contributed by atoms with Gasteiger partial charge < -0.3 is 24.4 Å². The number of nitrogens with zero attached hydrogens (tertiary/aromatic N) is 4. The molecule has 1 aliphatic heterocycles. The number of rotatable bonds is 9. The van der Waals surface area contributed by atoms with Gasteiger partial charge in [0.1, 0.15) is 18.8 Å². The Morgan fingerprint density at radius 1 is 1.07 bits per heavy atom. The van der Waals surface area contributed by atoms with Gasteiger partial charge in [-0.2, -0.15) is 5.10 Å². The van der Waals surface area contributed by atoms with Gasteiger partial charge >= 0.3 is 12.1 Å². The van der Waals surface area contributed by atoms with Crippen LogP contribution in [0.5, 0.6) is 5.75 Å². The van der Waals surface area contributed by atoms with Gasteiger partial charge in [-0.25, -0.2) is 9.78 Å². The van der Waals surface area contributed by atoms with Gasteiger partial charge in [0.2, 0.25) is 0 Å². The van der Waals surface area contributed by atoms with Crippen LogP contribution in [0.4, 0.5) is 4.79 Å². The summed E-state index contributed by atoms with van der Waals surface area (Å²) in [5, 5.41) is 7.19. The second kappa shape index (κ2) is 13.5. The van der Waals surface area contributed by atoms with Gasteiger partial charge in [0, 0.05) is 42.2 Å². The molecular weight excluding hydrogens is 538 g/mol. The summed E-state index contributed by atoms with van der Waals surface area (Å²) in [6, 6.07) is 9.76. The Morgan fingerprint density at radius 2 is 1.79 bits per heavy atom. The molecule has 42 heavy (non-hydrogen) atoms. The highest BCUT2D eigenvalue weighted by molar-refractivity contribution is 5.97. The fourth-order valence-corrected chi connectivity index (χ4v) is 4.71. The first-order chi connectivity index (χ1) is 20.1. The van der Waals surface area contributed by atoms with E-state index in [-0.39, 0.29) is 37.6 Å². The Bertz CT molecular complexity index is 1390. The van der Waals surface area contributed by atoms with E-state index in [2.05, 4.69) is 15.4 Å². The molecule has 4 rings (SSSR count). The van der Waals surface area contributed by atoms with Crippen molar-refractivity contribution in [2.75, 3.05) is 26.2 Å². The normalized spacial score (nSPS) is 13.9. The molecule has 1 N–H and O–H groups in total. The average molecular weight is 578 g/mol. The summed E-state index contributed by atoms with van der Waals surface area (Å²) in [5.41, 5.74) is 2.82. The van der Waals surface area contributed by atoms with E-state index < -0.39 is 17.5 Å². The Morgan fingerprint density at radius 3 is 2.45 bits per heavy atom. The van der Waals surface area contributed by atoms with Crippen molar-refractivity contribution in [1.29, 1.82) is 0 Å². The summed E-state index contributed by atoms with van der Waals surface area (Å²) in [7, 11) is 0. The monoisotopic (exact) mass is 577 g/mol. The van der Waals surface area contributed by atoms with Crippen molar-refractivity contribution in [3.8, 4) is 16.9 Å². The first-order valence-electron chi connectivity index (χ1n) is 14.2. The van der Waals surface area contributed by atoms with Crippen LogP contribution in [0.15, 0.2) is 48.9 Å². The van der Waals surface area contributed by atoms with Crippen molar-refractivity contribution in [3.05, 3.63) is 65.7 Å². The fraction of sp³-hybridized carbons (Fsp3) is 0.452. The van der Waals surface area contributed by atoms with E-state index in [1.165, 1.54) is 0 Å². The van der Waals surface area contributed by atoms with Gasteiger partial charge in [-0.1, -0.05) is 30.3 Å². The number of carbonyl (C=O) groups excluding carboxylic acids is 3. The van der Waals surface area contributed by atoms with Crippen LogP contribution in [-0.2, 0) is 20.9 Å². The molecule has 0 atom stereocenters. The Hall–Kier alpha value is -4.41. The summed E-state index contributed by atoms with van der Waals surface area (Å²) < 4.78 is 18.5. The Kier molecular flexibility index (Phi) is 9.82. The molecule has 224 valence electrons. The third-order valence-corrected chi connectivity index (χ3v) is 6.82. The van der Waals surface area contributed by atoms with Crippen LogP contribution < -0.4 is 10.1 Å². The van der Waals surface area contributed by atoms with E-state index in [1.54, 1.807) is 24.2 Å². The molecule has 0 bridgehead atoms. The van der Waals surface area contributed by atoms with Crippen molar-refractivity contribution in [2.24, 2.45) is 0 Å². The lowest BCUT2D eigenvalue weighted by Crippen LogP contribution is -2.42. The number of carbonyl (C=O) groups is 3. The fourth-order valence-electron chi connectivity index (χ4n) is 4.71. The van der Waals surface area contributed by atoms with E-state index in [1.807, 2.05) is 68.9 Å². The van der Waals surface area contributed by atoms with Crippen LogP contribution in [0, 0.1) is 6.92 Å². The van der Waals surface area contributed by atoms with E-state index in [4.69, 9.17) is 14.2 Å². The molecule has 0 aliphatic carbocycles. The van der Waals surface area contributed by atoms with Crippen molar-refractivity contribution in [2.45, 2.75) is 65.7 Å². The number of hydrogen-bond acceptors (Lipinski definition) is 8. The summed E-state index contributed by atoms with van der Waals surface area (Å²) in [5.74, 6) is -0.736. The average Bonchev–Trinajstić information content (AvgIpc) is 3.45. The maximum atomic E-state index is 13.0. The second-order valence-electron chi connectivity index (χ2n) is 11.1. The second-order valence-corrected chi connectivity index (χ2v) is 11.1. The van der Waals surface area contributed by atoms with Gasteiger partial charge in [-0.15, -0.1) is 0 Å². The number of ether oxygens (including phenoxy) is 3. The third-order valence-electron chi connectivity index (χ3n) is 6.82. The molecule has 11 heteroatoms. The quantitative estimate of drug-likeness (QED) is 0.363. The number of benzene rings is 1. The largest absolute Gasteiger partial charge is 0.486 e. The van der Waals surface area contributed by atoms with Crippen molar-refractivity contribution < 1.29 is 28.6 Å². The number of pyridine rings is 1. The lowest BCUT2D eigenvalue weighted by molar-refractivity contribution is -0.141. The van der Waals surface area contributed by atoms with Gasteiger partial charge in [-0.3, -0.25) is 14.3 Å². The zero-order chi connectivity index (χ0) is 30.3. The molecule has 11 nitrogen and oxygen atoms in total. The number of aromatic nitrogens is 3. The molecule has 2 amide bonds. The van der Waals surface area contributed by atoms with E-state index >= 15 is 0 Å². The third kappa shape index (κ3) is 7.86. The minimum Gasteiger partial charge on any atom is -0.486 e. The van der Waals surface area contributed by atoms with E-state index in [9.17, 15) is 14.4 Å². The standard InChI is InChI=1S/C31H39N5O6/c1-6-40-26(37)18-33-29(38)27-28(41-20-22-10-8-7-9-11-22)21(2)25(17-32-27)23-16-34-36(19-23)24-12-14-35(15-13-24)30(39)42-31(3,4)5/h7-11,16-17,19,24H,6,12-15,18,20H2,1-5H3,(H,33,38). The SMILES string of the molecule is CCOC(=O)CNC(=O)c1ncc(-c2cnn(C3CCN(C(=O)OC(C)(C)C)CC3)c2)c(C)c1OCc1ccccc1. The maximum Gasteiger partial charge on any atom is 0.410 e. The van der Waals surface area contributed by atoms with Gasteiger partial charge in [0.15, 0.2) is 11.4 Å². The van der Waals surface area contributed by atoms with E-state index in [0.717, 1.165) is 35.1 Å². The summed E-state index contributed by atoms with van der Waals surface area (Å²) in [6.45, 7) is 10.5. The van der Waals surface area contributed by atoms with Gasteiger partial charge in [0.05, 0.1) is 18.8 Å². The molecule has 3 heterocycles. The molecule has 0 saturated carbocycles. The van der Waals surface area contributed by atoms with Gasteiger partial charge in [-0.05, 0) is 53.0 Å². The Labute approximate surface area is 246 Å². The number of likely N-dealkylation sites (tertiary alicyclic amines) is 1. The molecule has 3 aromatic rings. The highest BCUT2D eigenvalue weighted by Gasteiger charge is 2.28. The molecule has 2 aromatic heterocycles. The predicted molar refractivity (Wildman–Crippen MR) is 156 cm³/mol. The molecule has 0 radical (unpaired) electrons. The van der Waals surface area contributed by atoms with Crippen LogP contribution in [0.1, 0.15) is 68.2 Å². The topological polar surface area (TPSA) is 125 Å². The summed E-state index contributed by atoms with van der Waals surface area (Å²) >= 11 is 0. The number of amides is 2. The zero-order valence-corrected chi connectivity index (χ0v) is 24.9. The molecule has 0 spiro atoms. The Balaban J connectivity index is 1.52. The van der Waals surface area contributed by atoms with Crippen LogP contribution in [0.3, 0.4) is 0 Å². The van der Waals surface area contributed by atoms with Crippen molar-refractivity contribution >= 4 is 18.0 Å². The van der Waals surface area contributed by atoms with Crippen LogP contribution in [0.25, 0.3) is 11.1 Å². The highest BCUT2D eigenvalue weighted by atomic mass is 16.6. The number of nitrogens with one attached hydrogen (secondary N) is 1. The highest BCUT2D eigenvalue weighted by Crippen LogP contribution is 2.33. The van der Waals surface area contributed by atoms with Crippen molar-refractivity contribution in [1.82, 2.24) is 25.0 Å². The molecule has 0 unspecified atom stereocenters. The first-order valence-corrected chi connectivity index (χ1v) is 14.2. The lowest BCUT2D eigenvalue weighted by Gasteiger charge is -2.33. The number of hydrogen-bond donors (Lipinski definition) is 1. The van der Waals surface area contributed by atoms with E-state index in [0.29, 0.717) is 18.8 Å². The number of esters is 1. The molecule has 1 aliphatic rings. The number of piperidine rings is 1. The van der Waals surface area contributed by atoms with Crippen LogP contribution in [-0.4, -0.2) is 69.5 Å². The van der Waals surface area contributed by atoms with Crippen LogP contribution >= 0.6 is 0 Å². The minimum atomic E-state index is -0.534. The molecular formula is C31H39N5O6. The van der Waals surface area contributed by atoms with Crippen molar-refractivity contribution in [3.63, 3.8) is 0 Å². The zero-order valence-electron chi connectivity index (χ0n) is 24.9. The molecule has 1 aromatic carbocycles. The van der Waals surface area contributed by atoms with Crippen LogP contribution in [0.2, 0.25) is 0 Å². The molecule has 1 fully saturated rings. The summed E-state index contributed by atoms with van der Waals surface area (Å²) in [6.07, 6.45) is 6.56. The predicted octanol–water partition coefficient (Wildman–Crippen LogP) is 4.70. The maximum absolute atomic E-state index is 13.0. The minimum absolute atomic E-state index is 0.0818. The van der Waals surface area contributed by atoms with Gasteiger partial charge in [0.25, 0.3) is 5.91 Å². The first kappa shape index (κ1) is 30.5. The smallest absolute Gasteiger partial charge is 0.410 e. The summed E-state index contributed by atoms with van der Waals surface area (Å²) in [4.78, 5) is 43.5. The lowest BCUT2D eigenvalue weighted by atomic mass is 10.0. The molecule has 1 saturated heterocycles.